The van der Waals surface area contributed by atoms with E-state index in [1.54, 1.807) is 33.8 Å². The van der Waals surface area contributed by atoms with Crippen molar-refractivity contribution in [2.24, 2.45) is 10.9 Å². The maximum Gasteiger partial charge on any atom is 0.418 e. The molecule has 1 saturated carbocycles. The number of amides is 1. The second kappa shape index (κ2) is 10.3. The number of halogens is 2. The molecule has 0 aromatic carbocycles. The molecule has 3 unspecified atom stereocenters. The van der Waals surface area contributed by atoms with Crippen molar-refractivity contribution in [2.45, 2.75) is 75.7 Å². The van der Waals surface area contributed by atoms with Crippen LogP contribution in [0.1, 0.15) is 39.7 Å². The highest BCUT2D eigenvalue weighted by atomic mass is 79.9. The number of aromatic nitrogens is 1. The van der Waals surface area contributed by atoms with Crippen LogP contribution in [-0.4, -0.2) is 66.0 Å². The van der Waals surface area contributed by atoms with Crippen molar-refractivity contribution in [1.29, 1.82) is 0 Å². The third-order valence-electron chi connectivity index (χ3n) is 6.13. The third-order valence-corrected chi connectivity index (χ3v) is 9.75. The number of aliphatic imine (C=N–C) groups is 1. The molecule has 3 rings (SSSR count). The zero-order chi connectivity index (χ0) is 27.1. The Bertz CT molecular complexity index is 1060. The van der Waals surface area contributed by atoms with Gasteiger partial charge in [0.15, 0.2) is 5.17 Å². The van der Waals surface area contributed by atoms with E-state index in [1.165, 1.54) is 18.2 Å². The van der Waals surface area contributed by atoms with Gasteiger partial charge in [-0.25, -0.2) is 14.7 Å². The van der Waals surface area contributed by atoms with E-state index < -0.39 is 42.0 Å². The Kier molecular flexibility index (Phi) is 8.34. The number of pyridine rings is 1. The first-order valence-corrected chi connectivity index (χ1v) is 17.1. The van der Waals surface area contributed by atoms with Gasteiger partial charge in [0.05, 0.1) is 12.6 Å². The zero-order valence-electron chi connectivity index (χ0n) is 22.1. The minimum absolute atomic E-state index is 0.109. The predicted molar refractivity (Wildman–Crippen MR) is 144 cm³/mol. The van der Waals surface area contributed by atoms with Gasteiger partial charge >= 0.3 is 12.1 Å². The number of hydrogen-bond acceptors (Lipinski definition) is 8. The standard InChI is InChI=1S/C24H35BrFN3O5SSi/c1-22(2,3)34-21(31)29(14-33-9-10-36(6,7)8)20-28-23(4,16-11-15(25)13-27-18(16)26)17-12-24(17,35-20)19(30)32-5/h11,13,17H,9-10,12,14H2,1-8H3. The van der Waals surface area contributed by atoms with Crippen LogP contribution >= 0.6 is 27.7 Å². The quantitative estimate of drug-likeness (QED) is 0.128. The van der Waals surface area contributed by atoms with E-state index in [4.69, 9.17) is 19.2 Å². The summed E-state index contributed by atoms with van der Waals surface area (Å²) in [5, 5.41) is 0.221. The number of hydrogen-bond donors (Lipinski definition) is 0. The predicted octanol–water partition coefficient (Wildman–Crippen LogP) is 5.78. The highest BCUT2D eigenvalue weighted by Gasteiger charge is 2.72. The molecule has 8 nitrogen and oxygen atoms in total. The number of rotatable bonds is 7. The molecule has 0 bridgehead atoms. The Morgan fingerprint density at radius 1 is 1.33 bits per heavy atom. The lowest BCUT2D eigenvalue weighted by molar-refractivity contribution is -0.141. The fourth-order valence-electron chi connectivity index (χ4n) is 4.09. The molecule has 0 saturated heterocycles. The number of methoxy groups -OCH3 is 1. The van der Waals surface area contributed by atoms with E-state index in [2.05, 4.69) is 40.6 Å². The largest absolute Gasteiger partial charge is 0.468 e. The van der Waals surface area contributed by atoms with E-state index >= 15 is 4.39 Å². The Morgan fingerprint density at radius 2 is 2.00 bits per heavy atom. The van der Waals surface area contributed by atoms with Crippen LogP contribution < -0.4 is 0 Å². The highest BCUT2D eigenvalue weighted by Crippen LogP contribution is 2.67. The molecule has 36 heavy (non-hydrogen) atoms. The minimum atomic E-state index is -1.36. The minimum Gasteiger partial charge on any atom is -0.468 e. The number of amidine groups is 1. The molecule has 1 amide bonds. The van der Waals surface area contributed by atoms with Crippen LogP contribution in [0.5, 0.6) is 0 Å². The van der Waals surface area contributed by atoms with Crippen LogP contribution in [-0.2, 0) is 24.5 Å². The molecule has 1 aliphatic heterocycles. The molecule has 1 aliphatic carbocycles. The van der Waals surface area contributed by atoms with Gasteiger partial charge in [-0.15, -0.1) is 0 Å². The topological polar surface area (TPSA) is 90.3 Å². The molecule has 0 spiro atoms. The highest BCUT2D eigenvalue weighted by molar-refractivity contribution is 9.10. The Balaban J connectivity index is 2.05. The second-order valence-electron chi connectivity index (χ2n) is 11.5. The summed E-state index contributed by atoms with van der Waals surface area (Å²) in [5.41, 5.74) is -1.71. The monoisotopic (exact) mass is 603 g/mol. The number of carbonyl (C=O) groups excluding carboxylic acids is 2. The van der Waals surface area contributed by atoms with Crippen LogP contribution in [0.25, 0.3) is 0 Å². The second-order valence-corrected chi connectivity index (χ2v) is 19.4. The number of nitrogens with zero attached hydrogens (tertiary/aromatic N) is 3. The molecule has 200 valence electrons. The number of carbonyl (C=O) groups is 2. The van der Waals surface area contributed by atoms with Gasteiger partial charge < -0.3 is 14.2 Å². The molecular weight excluding hydrogens is 569 g/mol. The molecular formula is C24H35BrFN3O5SSi. The summed E-state index contributed by atoms with van der Waals surface area (Å²) < 4.78 is 31.3. The Morgan fingerprint density at radius 3 is 2.58 bits per heavy atom. The SMILES string of the molecule is COC(=O)C12CC1C(C)(c1cc(Br)cnc1F)N=C(N(COCC[Si](C)(C)C)C(=O)OC(C)(C)C)S2. The van der Waals surface area contributed by atoms with Crippen LogP contribution in [0, 0.1) is 11.9 Å². The van der Waals surface area contributed by atoms with E-state index in [1.807, 2.05) is 0 Å². The molecule has 2 heterocycles. The van der Waals surface area contributed by atoms with E-state index in [0.29, 0.717) is 17.5 Å². The summed E-state index contributed by atoms with van der Waals surface area (Å²) in [4.78, 5) is 36.3. The summed E-state index contributed by atoms with van der Waals surface area (Å²) in [6, 6.07) is 2.53. The summed E-state index contributed by atoms with van der Waals surface area (Å²) >= 11 is 4.51. The normalized spacial score (nSPS) is 25.5. The maximum absolute atomic E-state index is 15.0. The van der Waals surface area contributed by atoms with Gasteiger partial charge in [0.1, 0.15) is 17.1 Å². The number of esters is 1. The molecule has 0 radical (unpaired) electrons. The van der Waals surface area contributed by atoms with Crippen LogP contribution in [0.4, 0.5) is 9.18 Å². The zero-order valence-corrected chi connectivity index (χ0v) is 25.5. The van der Waals surface area contributed by atoms with Gasteiger partial charge in [0.25, 0.3) is 0 Å². The van der Waals surface area contributed by atoms with Gasteiger partial charge in [-0.3, -0.25) is 9.79 Å². The lowest BCUT2D eigenvalue weighted by atomic mass is 9.87. The van der Waals surface area contributed by atoms with Crippen LogP contribution in [0.15, 0.2) is 21.7 Å². The first kappa shape index (κ1) is 29.1. The van der Waals surface area contributed by atoms with Gasteiger partial charge in [-0.1, -0.05) is 31.4 Å². The Labute approximate surface area is 225 Å². The van der Waals surface area contributed by atoms with Crippen LogP contribution in [0.3, 0.4) is 0 Å². The first-order chi connectivity index (χ1) is 16.5. The smallest absolute Gasteiger partial charge is 0.418 e. The van der Waals surface area contributed by atoms with Crippen LogP contribution in [0.2, 0.25) is 25.7 Å². The van der Waals surface area contributed by atoms with Gasteiger partial charge in [0, 0.05) is 36.8 Å². The Hall–Kier alpha value is -1.50. The average Bonchev–Trinajstić information content (AvgIpc) is 3.49. The van der Waals surface area contributed by atoms with E-state index in [9.17, 15) is 9.59 Å². The molecule has 1 aromatic heterocycles. The van der Waals surface area contributed by atoms with Crippen molar-refractivity contribution < 1.29 is 28.2 Å². The first-order valence-electron chi connectivity index (χ1n) is 11.8. The van der Waals surface area contributed by atoms with Crippen molar-refractivity contribution in [3.63, 3.8) is 0 Å². The summed E-state index contributed by atoms with van der Waals surface area (Å²) in [5.74, 6) is -1.47. The third kappa shape index (κ3) is 6.31. The molecule has 1 aromatic rings. The number of ether oxygens (including phenoxy) is 3. The molecule has 1 fully saturated rings. The molecule has 3 atom stereocenters. The van der Waals surface area contributed by atoms with Crippen molar-refractivity contribution in [3.05, 3.63) is 28.2 Å². The number of fused-ring (bicyclic) bond motifs is 1. The van der Waals surface area contributed by atoms with Gasteiger partial charge in [-0.05, 0) is 62.2 Å². The van der Waals surface area contributed by atoms with Crippen molar-refractivity contribution in [2.75, 3.05) is 20.4 Å². The lowest BCUT2D eigenvalue weighted by Gasteiger charge is -2.37. The van der Waals surface area contributed by atoms with E-state index in [0.717, 1.165) is 17.8 Å². The van der Waals surface area contributed by atoms with E-state index in [-0.39, 0.29) is 23.4 Å². The average molecular weight is 605 g/mol. The lowest BCUT2D eigenvalue weighted by Crippen LogP contribution is -2.47. The van der Waals surface area contributed by atoms with Crippen molar-refractivity contribution in [1.82, 2.24) is 9.88 Å². The van der Waals surface area contributed by atoms with Gasteiger partial charge in [0.2, 0.25) is 5.95 Å². The van der Waals surface area contributed by atoms with Crippen molar-refractivity contribution in [3.8, 4) is 0 Å². The fourth-order valence-corrected chi connectivity index (χ4v) is 6.77. The number of thioether (sulfide) groups is 1. The molecule has 0 N–H and O–H groups in total. The fraction of sp³-hybridized carbons (Fsp3) is 0.667. The molecule has 12 heteroatoms. The maximum atomic E-state index is 15.0. The summed E-state index contributed by atoms with van der Waals surface area (Å²) in [6.07, 6.45) is 1.12. The summed E-state index contributed by atoms with van der Waals surface area (Å²) in [6.45, 7) is 14.1. The van der Waals surface area contributed by atoms with Gasteiger partial charge in [-0.2, -0.15) is 4.39 Å². The summed E-state index contributed by atoms with van der Waals surface area (Å²) in [7, 11) is -0.0370. The van der Waals surface area contributed by atoms with Crippen molar-refractivity contribution >= 4 is 53.0 Å². The molecule has 2 aliphatic rings.